The third-order valence-electron chi connectivity index (χ3n) is 3.15. The second-order valence-electron chi connectivity index (χ2n) is 4.51. The van der Waals surface area contributed by atoms with Crippen molar-refractivity contribution in [2.75, 3.05) is 7.11 Å². The van der Waals surface area contributed by atoms with E-state index in [1.165, 1.54) is 0 Å². The van der Waals surface area contributed by atoms with E-state index in [1.54, 1.807) is 0 Å². The van der Waals surface area contributed by atoms with E-state index in [-0.39, 0.29) is 0 Å². The van der Waals surface area contributed by atoms with Crippen LogP contribution >= 0.6 is 0 Å². The summed E-state index contributed by atoms with van der Waals surface area (Å²) < 4.78 is 4.38. The molecule has 7 nitrogen and oxygen atoms in total. The van der Waals surface area contributed by atoms with Crippen LogP contribution in [-0.2, 0) is 19.1 Å². The maximum atomic E-state index is 11.9. The first-order valence-corrected chi connectivity index (χ1v) is 5.78. The molecule has 0 saturated heterocycles. The molecule has 0 aromatic heterocycles. The van der Waals surface area contributed by atoms with Crippen LogP contribution in [0.3, 0.4) is 0 Å². The van der Waals surface area contributed by atoms with Gasteiger partial charge in [-0.2, -0.15) is 0 Å². The summed E-state index contributed by atoms with van der Waals surface area (Å²) in [6, 6.07) is -1.30. The largest absolute Gasteiger partial charge is 0.480 e. The molecular formula is C11H18N2O5. The molecule has 0 aliphatic heterocycles. The molecule has 0 radical (unpaired) electrons. The fourth-order valence-electron chi connectivity index (χ4n) is 1.99. The van der Waals surface area contributed by atoms with Gasteiger partial charge in [0.2, 0.25) is 5.91 Å². The van der Waals surface area contributed by atoms with Gasteiger partial charge in [-0.1, -0.05) is 12.8 Å². The van der Waals surface area contributed by atoms with Gasteiger partial charge in [-0.25, -0.2) is 4.79 Å². The van der Waals surface area contributed by atoms with Crippen molar-refractivity contribution in [2.24, 2.45) is 5.73 Å². The molecule has 7 heteroatoms. The third kappa shape index (κ3) is 3.43. The number of carbonyl (C=O) groups is 3. The monoisotopic (exact) mass is 258 g/mol. The number of hydrogen-bond donors (Lipinski definition) is 3. The minimum absolute atomic E-state index is 0.409. The first-order valence-electron chi connectivity index (χ1n) is 5.78. The van der Waals surface area contributed by atoms with Crippen LogP contribution in [0, 0.1) is 0 Å². The topological polar surface area (TPSA) is 119 Å². The van der Waals surface area contributed by atoms with Crippen LogP contribution in [0.15, 0.2) is 0 Å². The normalized spacial score (nSPS) is 19.0. The van der Waals surface area contributed by atoms with Gasteiger partial charge in [-0.3, -0.25) is 9.59 Å². The lowest BCUT2D eigenvalue weighted by Crippen LogP contribution is -2.56. The molecule has 0 unspecified atom stereocenters. The molecule has 1 fully saturated rings. The molecule has 1 amide bonds. The van der Waals surface area contributed by atoms with E-state index >= 15 is 0 Å². The zero-order valence-electron chi connectivity index (χ0n) is 10.3. The molecule has 0 spiro atoms. The van der Waals surface area contributed by atoms with E-state index in [4.69, 9.17) is 10.8 Å². The van der Waals surface area contributed by atoms with Crippen molar-refractivity contribution in [2.45, 2.75) is 43.7 Å². The molecule has 1 saturated carbocycles. The number of nitrogens with two attached hydrogens (primary N) is 1. The standard InChI is InChI=1S/C11H18N2O5/c1-18-8(14)6-7(9(15)16)13-10(17)11(12)4-2-3-5-11/h7H,2-6,12H2,1H3,(H,13,17)(H,15,16)/t7-/m0/s1. The number of nitrogens with one attached hydrogen (secondary N) is 1. The van der Waals surface area contributed by atoms with E-state index in [0.29, 0.717) is 12.8 Å². The van der Waals surface area contributed by atoms with Crippen molar-refractivity contribution < 1.29 is 24.2 Å². The van der Waals surface area contributed by atoms with Crippen molar-refractivity contribution in [3.8, 4) is 0 Å². The third-order valence-corrected chi connectivity index (χ3v) is 3.15. The summed E-state index contributed by atoms with van der Waals surface area (Å²) in [5.41, 5.74) is 4.88. The second-order valence-corrected chi connectivity index (χ2v) is 4.51. The highest BCUT2D eigenvalue weighted by atomic mass is 16.5. The summed E-state index contributed by atoms with van der Waals surface area (Å²) in [4.78, 5) is 33.9. The van der Waals surface area contributed by atoms with Crippen molar-refractivity contribution in [3.63, 3.8) is 0 Å². The number of methoxy groups -OCH3 is 1. The Morgan fingerprint density at radius 2 is 1.94 bits per heavy atom. The van der Waals surface area contributed by atoms with Gasteiger partial charge in [-0.05, 0) is 12.8 Å². The SMILES string of the molecule is COC(=O)C[C@H](NC(=O)C1(N)CCCC1)C(=O)O. The number of carbonyl (C=O) groups excluding carboxylic acids is 2. The van der Waals surface area contributed by atoms with Crippen molar-refractivity contribution in [3.05, 3.63) is 0 Å². The first-order chi connectivity index (χ1) is 8.39. The van der Waals surface area contributed by atoms with E-state index in [9.17, 15) is 14.4 Å². The smallest absolute Gasteiger partial charge is 0.326 e. The van der Waals surface area contributed by atoms with Crippen molar-refractivity contribution >= 4 is 17.8 Å². The number of carboxylic acid groups (broad SMARTS) is 1. The van der Waals surface area contributed by atoms with Gasteiger partial charge in [0, 0.05) is 0 Å². The van der Waals surface area contributed by atoms with Crippen LogP contribution in [0.4, 0.5) is 0 Å². The summed E-state index contributed by atoms with van der Waals surface area (Å²) in [5.74, 6) is -2.49. The van der Waals surface area contributed by atoms with Crippen LogP contribution < -0.4 is 11.1 Å². The zero-order valence-corrected chi connectivity index (χ0v) is 10.3. The molecule has 0 aromatic rings. The summed E-state index contributed by atoms with van der Waals surface area (Å²) in [6.07, 6.45) is 2.35. The molecule has 1 aliphatic rings. The fourth-order valence-corrected chi connectivity index (χ4v) is 1.99. The number of rotatable bonds is 5. The maximum Gasteiger partial charge on any atom is 0.326 e. The molecule has 0 aromatic carbocycles. The Morgan fingerprint density at radius 3 is 2.39 bits per heavy atom. The number of esters is 1. The Bertz CT molecular complexity index is 349. The summed E-state index contributed by atoms with van der Waals surface area (Å²) in [7, 11) is 1.16. The molecule has 18 heavy (non-hydrogen) atoms. The molecular weight excluding hydrogens is 240 g/mol. The number of aliphatic carboxylic acids is 1. The lowest BCUT2D eigenvalue weighted by molar-refractivity contribution is -0.149. The average Bonchev–Trinajstić information content (AvgIpc) is 2.76. The Morgan fingerprint density at radius 1 is 1.39 bits per heavy atom. The number of amides is 1. The Labute approximate surface area is 105 Å². The summed E-state index contributed by atoms with van der Waals surface area (Å²) in [6.45, 7) is 0. The first kappa shape index (κ1) is 14.4. The van der Waals surface area contributed by atoms with Crippen molar-refractivity contribution in [1.82, 2.24) is 5.32 Å². The number of ether oxygens (including phenoxy) is 1. The van der Waals surface area contributed by atoms with E-state index in [1.807, 2.05) is 0 Å². The number of carboxylic acids is 1. The molecule has 0 heterocycles. The lowest BCUT2D eigenvalue weighted by atomic mass is 9.97. The van der Waals surface area contributed by atoms with E-state index < -0.39 is 35.8 Å². The summed E-state index contributed by atoms with van der Waals surface area (Å²) >= 11 is 0. The van der Waals surface area contributed by atoms with Gasteiger partial charge in [0.1, 0.15) is 6.04 Å². The van der Waals surface area contributed by atoms with Crippen LogP contribution in [0.1, 0.15) is 32.1 Å². The molecule has 102 valence electrons. The van der Waals surface area contributed by atoms with Gasteiger partial charge in [0.25, 0.3) is 0 Å². The van der Waals surface area contributed by atoms with E-state index in [2.05, 4.69) is 10.1 Å². The zero-order chi connectivity index (χ0) is 13.8. The van der Waals surface area contributed by atoms with Gasteiger partial charge < -0.3 is 20.9 Å². The Hall–Kier alpha value is -1.63. The van der Waals surface area contributed by atoms with Gasteiger partial charge >= 0.3 is 11.9 Å². The number of hydrogen-bond acceptors (Lipinski definition) is 5. The average molecular weight is 258 g/mol. The predicted molar refractivity (Wildman–Crippen MR) is 61.6 cm³/mol. The van der Waals surface area contributed by atoms with Crippen LogP contribution in [0.25, 0.3) is 0 Å². The minimum atomic E-state index is -1.30. The Kier molecular flexibility index (Phi) is 4.66. The molecule has 1 aliphatic carbocycles. The molecule has 1 atom stereocenters. The highest BCUT2D eigenvalue weighted by Gasteiger charge is 2.39. The Balaban J connectivity index is 2.63. The molecule has 0 bridgehead atoms. The maximum absolute atomic E-state index is 11.9. The van der Waals surface area contributed by atoms with Crippen LogP contribution in [0.2, 0.25) is 0 Å². The van der Waals surface area contributed by atoms with E-state index in [0.717, 1.165) is 20.0 Å². The van der Waals surface area contributed by atoms with Crippen LogP contribution in [0.5, 0.6) is 0 Å². The highest BCUT2D eigenvalue weighted by Crippen LogP contribution is 2.27. The molecule has 1 rings (SSSR count). The highest BCUT2D eigenvalue weighted by molar-refractivity contribution is 5.91. The predicted octanol–water partition coefficient (Wildman–Crippen LogP) is -0.610. The fraction of sp³-hybridized carbons (Fsp3) is 0.727. The molecule has 4 N–H and O–H groups in total. The second kappa shape index (κ2) is 5.81. The van der Waals surface area contributed by atoms with Crippen molar-refractivity contribution in [1.29, 1.82) is 0 Å². The van der Waals surface area contributed by atoms with Gasteiger partial charge in [-0.15, -0.1) is 0 Å². The quantitative estimate of drug-likeness (QED) is 0.566. The summed E-state index contributed by atoms with van der Waals surface area (Å²) in [5, 5.41) is 11.2. The van der Waals surface area contributed by atoms with Crippen LogP contribution in [-0.4, -0.2) is 41.6 Å². The lowest BCUT2D eigenvalue weighted by Gasteiger charge is -2.24. The minimum Gasteiger partial charge on any atom is -0.480 e. The van der Waals surface area contributed by atoms with Gasteiger partial charge in [0.05, 0.1) is 19.1 Å². The van der Waals surface area contributed by atoms with Gasteiger partial charge in [0.15, 0.2) is 0 Å².